The summed E-state index contributed by atoms with van der Waals surface area (Å²) in [6.45, 7) is 2.33. The van der Waals surface area contributed by atoms with E-state index in [2.05, 4.69) is 5.32 Å². The van der Waals surface area contributed by atoms with Gasteiger partial charge in [-0.3, -0.25) is 4.79 Å². The summed E-state index contributed by atoms with van der Waals surface area (Å²) in [6, 6.07) is 13.2. The summed E-state index contributed by atoms with van der Waals surface area (Å²) in [5.74, 6) is 2.10. The molecule has 1 heterocycles. The quantitative estimate of drug-likeness (QED) is 0.908. The van der Waals surface area contributed by atoms with Crippen LogP contribution in [0.15, 0.2) is 42.5 Å². The van der Waals surface area contributed by atoms with Gasteiger partial charge in [0, 0.05) is 5.56 Å². The Bertz CT molecular complexity index is 759. The van der Waals surface area contributed by atoms with E-state index in [0.29, 0.717) is 13.0 Å². The number of nitrogens with one attached hydrogen (secondary N) is 1. The summed E-state index contributed by atoms with van der Waals surface area (Å²) in [7, 11) is 3.23. The van der Waals surface area contributed by atoms with Gasteiger partial charge in [-0.1, -0.05) is 18.2 Å². The lowest BCUT2D eigenvalue weighted by Crippen LogP contribution is -2.38. The molecule has 3 rings (SSSR count). The van der Waals surface area contributed by atoms with Gasteiger partial charge in [0.15, 0.2) is 0 Å². The number of fused-ring (bicyclic) bond motifs is 1. The van der Waals surface area contributed by atoms with Gasteiger partial charge in [0.2, 0.25) is 5.91 Å². The molecule has 0 saturated carbocycles. The predicted octanol–water partition coefficient (Wildman–Crippen LogP) is 3.13. The fraction of sp³-hybridized carbons (Fsp3) is 0.350. The number of ether oxygens (including phenoxy) is 3. The van der Waals surface area contributed by atoms with Crippen LogP contribution in [0.3, 0.4) is 0 Å². The molecule has 2 unspecified atom stereocenters. The van der Waals surface area contributed by atoms with Gasteiger partial charge in [0.1, 0.15) is 23.9 Å². The third-order valence-electron chi connectivity index (χ3n) is 4.51. The summed E-state index contributed by atoms with van der Waals surface area (Å²) < 4.78 is 16.4. The number of hydrogen-bond acceptors (Lipinski definition) is 4. The normalized spacial score (nSPS) is 17.0. The van der Waals surface area contributed by atoms with Gasteiger partial charge in [-0.15, -0.1) is 0 Å². The Morgan fingerprint density at radius 2 is 2.00 bits per heavy atom. The summed E-state index contributed by atoms with van der Waals surface area (Å²) in [5, 5.41) is 3.07. The number of carbonyl (C=O) groups is 1. The lowest BCUT2D eigenvalue weighted by Gasteiger charge is -2.26. The molecular weight excluding hydrogens is 318 g/mol. The molecular formula is C20H23NO4. The van der Waals surface area contributed by atoms with Crippen molar-refractivity contribution >= 4 is 5.91 Å². The maximum Gasteiger partial charge on any atom is 0.227 e. The number of methoxy groups -OCH3 is 2. The Kier molecular flexibility index (Phi) is 5.12. The zero-order chi connectivity index (χ0) is 17.8. The topological polar surface area (TPSA) is 56.8 Å². The van der Waals surface area contributed by atoms with Crippen molar-refractivity contribution in [1.29, 1.82) is 0 Å². The second-order valence-corrected chi connectivity index (χ2v) is 6.16. The Labute approximate surface area is 147 Å². The first-order valence-corrected chi connectivity index (χ1v) is 8.35. The molecule has 0 radical (unpaired) electrons. The first-order chi connectivity index (χ1) is 12.1. The highest BCUT2D eigenvalue weighted by atomic mass is 16.5. The number of hydrogen-bond donors (Lipinski definition) is 1. The van der Waals surface area contributed by atoms with E-state index in [1.165, 1.54) is 0 Å². The Hall–Kier alpha value is -2.69. The minimum Gasteiger partial charge on any atom is -0.497 e. The summed E-state index contributed by atoms with van der Waals surface area (Å²) in [4.78, 5) is 12.7. The SMILES string of the molecule is COc1ccc(OC)c(C(C)NC(=O)C2COc3ccccc3C2)c1. The van der Waals surface area contributed by atoms with Gasteiger partial charge in [-0.2, -0.15) is 0 Å². The standard InChI is InChI=1S/C20H23NO4/c1-13(17-11-16(23-2)8-9-19(17)24-3)21-20(22)15-10-14-6-4-5-7-18(14)25-12-15/h4-9,11,13,15H,10,12H2,1-3H3,(H,21,22). The molecule has 25 heavy (non-hydrogen) atoms. The second-order valence-electron chi connectivity index (χ2n) is 6.16. The van der Waals surface area contributed by atoms with E-state index in [1.807, 2.05) is 49.4 Å². The van der Waals surface area contributed by atoms with Crippen LogP contribution in [-0.2, 0) is 11.2 Å². The molecule has 2 aromatic rings. The van der Waals surface area contributed by atoms with Crippen molar-refractivity contribution in [3.05, 3.63) is 53.6 Å². The van der Waals surface area contributed by atoms with Crippen LogP contribution in [0, 0.1) is 5.92 Å². The summed E-state index contributed by atoms with van der Waals surface area (Å²) in [6.07, 6.45) is 0.684. The second kappa shape index (κ2) is 7.47. The van der Waals surface area contributed by atoms with E-state index in [-0.39, 0.29) is 17.9 Å². The lowest BCUT2D eigenvalue weighted by atomic mass is 9.95. The lowest BCUT2D eigenvalue weighted by molar-refractivity contribution is -0.126. The van der Waals surface area contributed by atoms with Crippen molar-refractivity contribution in [2.75, 3.05) is 20.8 Å². The van der Waals surface area contributed by atoms with Crippen LogP contribution in [0.25, 0.3) is 0 Å². The van der Waals surface area contributed by atoms with Crippen LogP contribution in [0.1, 0.15) is 24.1 Å². The number of rotatable bonds is 5. The smallest absolute Gasteiger partial charge is 0.227 e. The Morgan fingerprint density at radius 1 is 1.20 bits per heavy atom. The van der Waals surface area contributed by atoms with Crippen LogP contribution >= 0.6 is 0 Å². The number of amides is 1. The van der Waals surface area contributed by atoms with Crippen LogP contribution in [0.4, 0.5) is 0 Å². The van der Waals surface area contributed by atoms with Gasteiger partial charge in [-0.05, 0) is 43.2 Å². The fourth-order valence-corrected chi connectivity index (χ4v) is 3.08. The molecule has 1 amide bonds. The van der Waals surface area contributed by atoms with E-state index in [1.54, 1.807) is 14.2 Å². The van der Waals surface area contributed by atoms with Gasteiger partial charge < -0.3 is 19.5 Å². The van der Waals surface area contributed by atoms with Crippen LogP contribution < -0.4 is 19.5 Å². The van der Waals surface area contributed by atoms with E-state index < -0.39 is 0 Å². The van der Waals surface area contributed by atoms with Crippen LogP contribution in [0.5, 0.6) is 17.2 Å². The van der Waals surface area contributed by atoms with Crippen molar-refractivity contribution in [1.82, 2.24) is 5.32 Å². The minimum absolute atomic E-state index is 0.0214. The molecule has 1 aliphatic rings. The third-order valence-corrected chi connectivity index (χ3v) is 4.51. The molecule has 1 N–H and O–H groups in total. The van der Waals surface area contributed by atoms with Gasteiger partial charge in [0.05, 0.1) is 26.2 Å². The van der Waals surface area contributed by atoms with Crippen molar-refractivity contribution in [2.24, 2.45) is 5.92 Å². The average Bonchev–Trinajstić information content (AvgIpc) is 2.66. The van der Waals surface area contributed by atoms with Crippen molar-refractivity contribution < 1.29 is 19.0 Å². The molecule has 132 valence electrons. The summed E-state index contributed by atoms with van der Waals surface area (Å²) in [5.41, 5.74) is 1.95. The highest BCUT2D eigenvalue weighted by Gasteiger charge is 2.27. The van der Waals surface area contributed by atoms with E-state index >= 15 is 0 Å². The molecule has 0 spiro atoms. The average molecular weight is 341 g/mol. The molecule has 0 aliphatic carbocycles. The van der Waals surface area contributed by atoms with Crippen LogP contribution in [0.2, 0.25) is 0 Å². The first-order valence-electron chi connectivity index (χ1n) is 8.35. The third kappa shape index (κ3) is 3.71. The monoisotopic (exact) mass is 341 g/mol. The number of carbonyl (C=O) groups excluding carboxylic acids is 1. The van der Waals surface area contributed by atoms with Crippen LogP contribution in [-0.4, -0.2) is 26.7 Å². The Morgan fingerprint density at radius 3 is 2.76 bits per heavy atom. The number of para-hydroxylation sites is 1. The maximum absolute atomic E-state index is 12.7. The zero-order valence-corrected chi connectivity index (χ0v) is 14.7. The molecule has 0 fully saturated rings. The summed E-state index contributed by atoms with van der Waals surface area (Å²) >= 11 is 0. The minimum atomic E-state index is -0.200. The largest absolute Gasteiger partial charge is 0.497 e. The molecule has 2 atom stereocenters. The number of benzene rings is 2. The molecule has 0 aromatic heterocycles. The van der Waals surface area contributed by atoms with Crippen molar-refractivity contribution in [3.8, 4) is 17.2 Å². The van der Waals surface area contributed by atoms with E-state index in [4.69, 9.17) is 14.2 Å². The first kappa shape index (κ1) is 17.1. The molecule has 1 aliphatic heterocycles. The van der Waals surface area contributed by atoms with E-state index in [0.717, 1.165) is 28.4 Å². The Balaban J connectivity index is 1.71. The molecule has 5 nitrogen and oxygen atoms in total. The van der Waals surface area contributed by atoms with E-state index in [9.17, 15) is 4.79 Å². The zero-order valence-electron chi connectivity index (χ0n) is 14.7. The maximum atomic E-state index is 12.7. The molecule has 5 heteroatoms. The van der Waals surface area contributed by atoms with Gasteiger partial charge >= 0.3 is 0 Å². The highest BCUT2D eigenvalue weighted by molar-refractivity contribution is 5.80. The van der Waals surface area contributed by atoms with Crippen molar-refractivity contribution in [2.45, 2.75) is 19.4 Å². The van der Waals surface area contributed by atoms with Gasteiger partial charge in [-0.25, -0.2) is 0 Å². The predicted molar refractivity (Wildman–Crippen MR) is 95.2 cm³/mol. The highest BCUT2D eigenvalue weighted by Crippen LogP contribution is 2.30. The molecule has 2 aromatic carbocycles. The van der Waals surface area contributed by atoms with Crippen molar-refractivity contribution in [3.63, 3.8) is 0 Å². The molecule has 0 saturated heterocycles. The van der Waals surface area contributed by atoms with Gasteiger partial charge in [0.25, 0.3) is 0 Å². The fourth-order valence-electron chi connectivity index (χ4n) is 3.08. The molecule has 0 bridgehead atoms.